The van der Waals surface area contributed by atoms with Crippen molar-refractivity contribution in [2.45, 2.75) is 0 Å². The molecule has 272 valence electrons. The average Bonchev–Trinajstić information content (AvgIpc) is 3.79. The van der Waals surface area contributed by atoms with E-state index in [1.54, 1.807) is 0 Å². The van der Waals surface area contributed by atoms with Crippen LogP contribution in [0.1, 0.15) is 0 Å². The third-order valence-corrected chi connectivity index (χ3v) is 15.0. The van der Waals surface area contributed by atoms with Crippen LogP contribution in [0.5, 0.6) is 0 Å². The van der Waals surface area contributed by atoms with Crippen molar-refractivity contribution < 1.29 is 4.57 Å². The SMILES string of the molecule is O=P1(c2ccccc2)c2cc(-c3ccccc3)cc3c4cc(-c5ccccc5)ccc4n(c23)-c2cc(-c3ccccc3)cc3c4cc(-c5ccccc5)ccc4n1c23. The molecule has 2 aromatic heterocycles. The molecule has 1 atom stereocenters. The van der Waals surface area contributed by atoms with Gasteiger partial charge in [0, 0.05) is 26.8 Å². The zero-order valence-electron chi connectivity index (χ0n) is 31.5. The molecule has 58 heavy (non-hydrogen) atoms. The highest BCUT2D eigenvalue weighted by Gasteiger charge is 2.40. The summed E-state index contributed by atoms with van der Waals surface area (Å²) in [6.45, 7) is 0. The van der Waals surface area contributed by atoms with Gasteiger partial charge in [-0.2, -0.15) is 0 Å². The highest BCUT2D eigenvalue weighted by atomic mass is 31.2. The Morgan fingerprint density at radius 3 is 1.28 bits per heavy atom. The topological polar surface area (TPSA) is 26.9 Å². The summed E-state index contributed by atoms with van der Waals surface area (Å²) >= 11 is 0. The Kier molecular flexibility index (Phi) is 7.20. The first-order valence-corrected chi connectivity index (χ1v) is 21.4. The van der Waals surface area contributed by atoms with Crippen molar-refractivity contribution in [1.82, 2.24) is 8.90 Å². The maximum atomic E-state index is 17.4. The monoisotopic (exact) mass is 758 g/mol. The first-order valence-electron chi connectivity index (χ1n) is 19.8. The number of benzene rings is 9. The molecule has 1 unspecified atom stereocenters. The smallest absolute Gasteiger partial charge is 0.236 e. The van der Waals surface area contributed by atoms with Crippen LogP contribution in [-0.2, 0) is 4.57 Å². The number of fused-ring (bicyclic) bond motifs is 7. The number of rotatable bonds is 5. The molecule has 0 bridgehead atoms. The van der Waals surface area contributed by atoms with Crippen molar-refractivity contribution in [1.29, 1.82) is 0 Å². The van der Waals surface area contributed by atoms with E-state index in [9.17, 15) is 0 Å². The minimum Gasteiger partial charge on any atom is -0.306 e. The van der Waals surface area contributed by atoms with Gasteiger partial charge in [0.15, 0.2) is 0 Å². The Labute approximate surface area is 336 Å². The highest BCUT2D eigenvalue weighted by molar-refractivity contribution is 7.78. The largest absolute Gasteiger partial charge is 0.306 e. The lowest BCUT2D eigenvalue weighted by molar-refractivity contribution is 0.584. The number of aromatic nitrogens is 2. The van der Waals surface area contributed by atoms with Crippen LogP contribution in [0.2, 0.25) is 0 Å². The molecule has 12 rings (SSSR count). The van der Waals surface area contributed by atoms with Crippen molar-refractivity contribution in [3.63, 3.8) is 0 Å². The van der Waals surface area contributed by atoms with Crippen molar-refractivity contribution in [3.05, 3.63) is 212 Å². The van der Waals surface area contributed by atoms with Crippen LogP contribution in [-0.4, -0.2) is 8.90 Å². The molecule has 1 aliphatic rings. The lowest BCUT2D eigenvalue weighted by atomic mass is 9.99. The fourth-order valence-electron chi connectivity index (χ4n) is 9.38. The van der Waals surface area contributed by atoms with Crippen molar-refractivity contribution in [2.24, 2.45) is 0 Å². The van der Waals surface area contributed by atoms with Crippen LogP contribution in [0.3, 0.4) is 0 Å². The van der Waals surface area contributed by atoms with Crippen LogP contribution < -0.4 is 10.6 Å². The van der Waals surface area contributed by atoms with Gasteiger partial charge in [0.05, 0.1) is 33.1 Å². The van der Waals surface area contributed by atoms with E-state index in [0.29, 0.717) is 0 Å². The van der Waals surface area contributed by atoms with E-state index in [1.165, 1.54) is 0 Å². The van der Waals surface area contributed by atoms with Gasteiger partial charge in [0.1, 0.15) is 0 Å². The number of hydrogen-bond donors (Lipinski definition) is 0. The molecule has 11 aromatic rings. The zero-order chi connectivity index (χ0) is 38.4. The van der Waals surface area contributed by atoms with E-state index in [1.807, 2.05) is 18.2 Å². The summed E-state index contributed by atoms with van der Waals surface area (Å²) in [4.78, 5) is 0. The second-order valence-corrected chi connectivity index (χ2v) is 17.8. The number of nitrogens with zero attached hydrogens (tertiary/aromatic N) is 2. The molecule has 4 heteroatoms. The average molecular weight is 759 g/mol. The van der Waals surface area contributed by atoms with Crippen LogP contribution in [0.25, 0.3) is 93.8 Å². The van der Waals surface area contributed by atoms with Gasteiger partial charge in [-0.05, 0) is 105 Å². The molecule has 9 aromatic carbocycles. The Balaban J connectivity index is 1.32. The van der Waals surface area contributed by atoms with Gasteiger partial charge in [0.2, 0.25) is 7.29 Å². The van der Waals surface area contributed by atoms with Crippen molar-refractivity contribution >= 4 is 61.5 Å². The van der Waals surface area contributed by atoms with E-state index < -0.39 is 7.29 Å². The first-order chi connectivity index (χ1) is 28.6. The molecule has 0 aliphatic carbocycles. The second-order valence-electron chi connectivity index (χ2n) is 15.3. The Bertz CT molecular complexity index is 3440. The fourth-order valence-corrected chi connectivity index (χ4v) is 12.5. The van der Waals surface area contributed by atoms with Gasteiger partial charge in [-0.25, -0.2) is 0 Å². The molecular formula is C54H35N2OP. The first kappa shape index (κ1) is 33.0. The molecule has 0 saturated carbocycles. The molecule has 0 amide bonds. The molecule has 0 fully saturated rings. The number of hydrogen-bond acceptors (Lipinski definition) is 1. The van der Waals surface area contributed by atoms with Crippen LogP contribution in [0, 0.1) is 0 Å². The fraction of sp³-hybridized carbons (Fsp3) is 0. The van der Waals surface area contributed by atoms with E-state index in [-0.39, 0.29) is 0 Å². The lowest BCUT2D eigenvalue weighted by Crippen LogP contribution is -2.22. The third kappa shape index (κ3) is 4.78. The van der Waals surface area contributed by atoms with Gasteiger partial charge in [-0.1, -0.05) is 152 Å². The van der Waals surface area contributed by atoms with Crippen LogP contribution in [0.4, 0.5) is 0 Å². The van der Waals surface area contributed by atoms with Gasteiger partial charge in [-0.15, -0.1) is 0 Å². The van der Waals surface area contributed by atoms with E-state index >= 15 is 4.57 Å². The lowest BCUT2D eigenvalue weighted by Gasteiger charge is -2.23. The van der Waals surface area contributed by atoms with Gasteiger partial charge in [-0.3, -0.25) is 8.90 Å². The van der Waals surface area contributed by atoms with E-state index in [0.717, 1.165) is 104 Å². The quantitative estimate of drug-likeness (QED) is 0.161. The van der Waals surface area contributed by atoms with E-state index in [2.05, 4.69) is 203 Å². The Morgan fingerprint density at radius 1 is 0.328 bits per heavy atom. The normalized spacial score (nSPS) is 14.7. The maximum Gasteiger partial charge on any atom is 0.236 e. The van der Waals surface area contributed by atoms with Gasteiger partial charge in [0.25, 0.3) is 0 Å². The molecule has 3 heterocycles. The predicted molar refractivity (Wildman–Crippen MR) is 244 cm³/mol. The summed E-state index contributed by atoms with van der Waals surface area (Å²) in [6.07, 6.45) is 0. The van der Waals surface area contributed by atoms with Crippen LogP contribution >= 0.6 is 7.29 Å². The van der Waals surface area contributed by atoms with Crippen LogP contribution in [0.15, 0.2) is 212 Å². The highest BCUT2D eigenvalue weighted by Crippen LogP contribution is 2.57. The summed E-state index contributed by atoms with van der Waals surface area (Å²) in [5, 5.41) is 6.00. The minimum absolute atomic E-state index is 0.800. The molecular weight excluding hydrogens is 724 g/mol. The summed E-state index contributed by atoms with van der Waals surface area (Å²) < 4.78 is 22.0. The Morgan fingerprint density at radius 2 is 0.741 bits per heavy atom. The standard InChI is InChI=1S/C54H35N2OP/c57-58(44-24-14-5-15-25-44)52-35-43(39-22-12-4-13-23-39)33-48-45-30-40(36-16-6-1-7-17-36)26-28-49(45)55(54(48)52)51-34-42(38-20-10-3-11-21-38)32-47-46-31-41(37-18-8-2-9-19-37)27-29-50(46)56(58)53(47)51/h1-35H. The maximum absolute atomic E-state index is 17.4. The predicted octanol–water partition coefficient (Wildman–Crippen LogP) is 13.7. The zero-order valence-corrected chi connectivity index (χ0v) is 32.4. The van der Waals surface area contributed by atoms with Crippen molar-refractivity contribution in [3.8, 4) is 50.2 Å². The summed E-state index contributed by atoms with van der Waals surface area (Å²) in [7, 11) is -3.67. The third-order valence-electron chi connectivity index (χ3n) is 12.0. The van der Waals surface area contributed by atoms with Gasteiger partial charge >= 0.3 is 0 Å². The second kappa shape index (κ2) is 12.7. The van der Waals surface area contributed by atoms with Crippen molar-refractivity contribution in [2.75, 3.05) is 0 Å². The molecule has 0 spiro atoms. The Hall–Kier alpha value is -7.19. The summed E-state index contributed by atoms with van der Waals surface area (Å²) in [6, 6.07) is 75.2. The molecule has 3 nitrogen and oxygen atoms in total. The molecule has 0 saturated heterocycles. The minimum atomic E-state index is -3.67. The molecule has 1 aliphatic heterocycles. The summed E-state index contributed by atoms with van der Waals surface area (Å²) in [5.41, 5.74) is 14.0. The molecule has 0 radical (unpaired) electrons. The van der Waals surface area contributed by atoms with E-state index in [4.69, 9.17) is 0 Å². The summed E-state index contributed by atoms with van der Waals surface area (Å²) in [5.74, 6) is 0. The van der Waals surface area contributed by atoms with Gasteiger partial charge < -0.3 is 4.57 Å². The molecule has 0 N–H and O–H groups in total.